The van der Waals surface area contributed by atoms with Gasteiger partial charge in [-0.3, -0.25) is 10.1 Å². The molecule has 0 amide bonds. The summed E-state index contributed by atoms with van der Waals surface area (Å²) in [5, 5.41) is 11.0. The molecule has 0 spiro atoms. The molecular weight excluding hydrogens is 312 g/mol. The van der Waals surface area contributed by atoms with Crippen molar-refractivity contribution in [3.05, 3.63) is 64.0 Å². The van der Waals surface area contributed by atoms with E-state index in [9.17, 15) is 10.1 Å². The SMILES string of the molecule is Cc1ccc2nc(-c3cccc([N+](=O)[O-])c3)c(CC(N)=S)n2c1. The molecule has 0 aliphatic rings. The number of hydrogen-bond acceptors (Lipinski definition) is 4. The van der Waals surface area contributed by atoms with Gasteiger partial charge >= 0.3 is 0 Å². The lowest BCUT2D eigenvalue weighted by Gasteiger charge is -2.05. The smallest absolute Gasteiger partial charge is 0.270 e. The van der Waals surface area contributed by atoms with Crippen LogP contribution in [0.1, 0.15) is 11.3 Å². The monoisotopic (exact) mass is 326 g/mol. The first-order valence-electron chi connectivity index (χ1n) is 6.96. The summed E-state index contributed by atoms with van der Waals surface area (Å²) in [4.78, 5) is 15.5. The fourth-order valence-corrected chi connectivity index (χ4v) is 2.67. The Bertz CT molecular complexity index is 933. The predicted molar refractivity (Wildman–Crippen MR) is 92.5 cm³/mol. The summed E-state index contributed by atoms with van der Waals surface area (Å²) >= 11 is 5.04. The molecule has 3 aromatic rings. The Morgan fingerprint density at radius 1 is 1.39 bits per heavy atom. The number of pyridine rings is 1. The number of imidazole rings is 1. The standard InChI is InChI=1S/C16H14N4O2S/c1-10-5-6-15-18-16(13(8-14(17)23)19(15)9-10)11-3-2-4-12(7-11)20(21)22/h2-7,9H,8H2,1H3,(H2,17,23). The fraction of sp³-hybridized carbons (Fsp3) is 0.125. The first-order chi connectivity index (χ1) is 11.0. The van der Waals surface area contributed by atoms with Gasteiger partial charge in [0.1, 0.15) is 5.65 Å². The van der Waals surface area contributed by atoms with E-state index in [-0.39, 0.29) is 5.69 Å². The molecule has 2 N–H and O–H groups in total. The third-order valence-electron chi connectivity index (χ3n) is 3.54. The summed E-state index contributed by atoms with van der Waals surface area (Å²) < 4.78 is 1.93. The van der Waals surface area contributed by atoms with E-state index in [0.717, 1.165) is 16.9 Å². The summed E-state index contributed by atoms with van der Waals surface area (Å²) in [7, 11) is 0. The van der Waals surface area contributed by atoms with E-state index in [1.54, 1.807) is 12.1 Å². The zero-order valence-electron chi connectivity index (χ0n) is 12.4. The maximum absolute atomic E-state index is 11.0. The van der Waals surface area contributed by atoms with Crippen LogP contribution in [0.15, 0.2) is 42.6 Å². The van der Waals surface area contributed by atoms with E-state index >= 15 is 0 Å². The fourth-order valence-electron chi connectivity index (χ4n) is 2.53. The highest BCUT2D eigenvalue weighted by molar-refractivity contribution is 7.80. The van der Waals surface area contributed by atoms with Crippen LogP contribution >= 0.6 is 12.2 Å². The Morgan fingerprint density at radius 2 is 2.17 bits per heavy atom. The van der Waals surface area contributed by atoms with E-state index in [2.05, 4.69) is 4.98 Å². The van der Waals surface area contributed by atoms with E-state index in [0.29, 0.717) is 22.7 Å². The second-order valence-electron chi connectivity index (χ2n) is 5.29. The summed E-state index contributed by atoms with van der Waals surface area (Å²) in [5.41, 5.74) is 9.73. The number of thiocarbonyl (C=S) groups is 1. The van der Waals surface area contributed by atoms with Gasteiger partial charge in [0.2, 0.25) is 0 Å². The largest absolute Gasteiger partial charge is 0.393 e. The highest BCUT2D eigenvalue weighted by Gasteiger charge is 2.17. The minimum atomic E-state index is -0.420. The highest BCUT2D eigenvalue weighted by atomic mass is 32.1. The van der Waals surface area contributed by atoms with Crippen molar-refractivity contribution in [1.29, 1.82) is 0 Å². The number of nitrogens with two attached hydrogens (primary N) is 1. The van der Waals surface area contributed by atoms with Gasteiger partial charge in [0, 0.05) is 30.3 Å². The van der Waals surface area contributed by atoms with Crippen LogP contribution in [-0.2, 0) is 6.42 Å². The number of rotatable bonds is 4. The molecule has 3 rings (SSSR count). The van der Waals surface area contributed by atoms with Crippen molar-refractivity contribution in [3.63, 3.8) is 0 Å². The van der Waals surface area contributed by atoms with Crippen LogP contribution in [0.3, 0.4) is 0 Å². The topological polar surface area (TPSA) is 86.5 Å². The summed E-state index contributed by atoms with van der Waals surface area (Å²) in [6.07, 6.45) is 2.33. The van der Waals surface area contributed by atoms with E-state index in [1.165, 1.54) is 12.1 Å². The summed E-state index contributed by atoms with van der Waals surface area (Å²) in [5.74, 6) is 0. The van der Waals surface area contributed by atoms with Gasteiger partial charge < -0.3 is 10.1 Å². The van der Waals surface area contributed by atoms with Gasteiger partial charge in [0.25, 0.3) is 5.69 Å². The zero-order chi connectivity index (χ0) is 16.6. The molecule has 0 atom stereocenters. The van der Waals surface area contributed by atoms with Crippen molar-refractivity contribution in [3.8, 4) is 11.3 Å². The van der Waals surface area contributed by atoms with Gasteiger partial charge in [-0.1, -0.05) is 30.4 Å². The first kappa shape index (κ1) is 15.1. The summed E-state index contributed by atoms with van der Waals surface area (Å²) in [6, 6.07) is 10.3. The molecule has 0 bridgehead atoms. The quantitative estimate of drug-likeness (QED) is 0.452. The molecular formula is C16H14N4O2S. The second-order valence-corrected chi connectivity index (χ2v) is 5.82. The van der Waals surface area contributed by atoms with Crippen molar-refractivity contribution >= 4 is 28.5 Å². The molecule has 0 saturated carbocycles. The maximum atomic E-state index is 11.0. The van der Waals surface area contributed by atoms with E-state index < -0.39 is 4.92 Å². The molecule has 116 valence electrons. The van der Waals surface area contributed by atoms with Crippen LogP contribution in [0.4, 0.5) is 5.69 Å². The van der Waals surface area contributed by atoms with Crippen molar-refractivity contribution in [2.45, 2.75) is 13.3 Å². The molecule has 0 saturated heterocycles. The van der Waals surface area contributed by atoms with Crippen LogP contribution in [0, 0.1) is 17.0 Å². The normalized spacial score (nSPS) is 10.8. The minimum Gasteiger partial charge on any atom is -0.393 e. The average Bonchev–Trinajstić information content (AvgIpc) is 2.85. The van der Waals surface area contributed by atoms with E-state index in [1.807, 2.05) is 29.7 Å². The number of aromatic nitrogens is 2. The number of fused-ring (bicyclic) bond motifs is 1. The number of nitro groups is 1. The lowest BCUT2D eigenvalue weighted by atomic mass is 10.1. The molecule has 0 aliphatic heterocycles. The number of benzene rings is 1. The van der Waals surface area contributed by atoms with Crippen molar-refractivity contribution < 1.29 is 4.92 Å². The van der Waals surface area contributed by atoms with Crippen LogP contribution in [0.5, 0.6) is 0 Å². The zero-order valence-corrected chi connectivity index (χ0v) is 13.2. The molecule has 0 fully saturated rings. The van der Waals surface area contributed by atoms with Gasteiger partial charge in [-0.05, 0) is 18.6 Å². The van der Waals surface area contributed by atoms with Crippen LogP contribution in [0.25, 0.3) is 16.9 Å². The highest BCUT2D eigenvalue weighted by Crippen LogP contribution is 2.28. The summed E-state index contributed by atoms with van der Waals surface area (Å²) in [6.45, 7) is 1.98. The maximum Gasteiger partial charge on any atom is 0.270 e. The van der Waals surface area contributed by atoms with E-state index in [4.69, 9.17) is 18.0 Å². The molecule has 2 aromatic heterocycles. The van der Waals surface area contributed by atoms with Crippen molar-refractivity contribution in [1.82, 2.24) is 9.38 Å². The Labute approximate surface area is 137 Å². The molecule has 0 unspecified atom stereocenters. The number of aryl methyl sites for hydroxylation is 1. The molecule has 0 radical (unpaired) electrons. The van der Waals surface area contributed by atoms with Gasteiger partial charge in [0.05, 0.1) is 21.3 Å². The molecule has 23 heavy (non-hydrogen) atoms. The third kappa shape index (κ3) is 2.91. The predicted octanol–water partition coefficient (Wildman–Crippen LogP) is 3.05. The number of non-ortho nitro benzene ring substituents is 1. The second kappa shape index (κ2) is 5.77. The molecule has 1 aromatic carbocycles. The van der Waals surface area contributed by atoms with Crippen molar-refractivity contribution in [2.75, 3.05) is 0 Å². The first-order valence-corrected chi connectivity index (χ1v) is 7.37. The average molecular weight is 326 g/mol. The van der Waals surface area contributed by atoms with Gasteiger partial charge in [-0.25, -0.2) is 4.98 Å². The number of nitro benzene ring substituents is 1. The molecule has 2 heterocycles. The minimum absolute atomic E-state index is 0.0250. The Kier molecular flexibility index (Phi) is 3.79. The van der Waals surface area contributed by atoms with Gasteiger partial charge in [-0.2, -0.15) is 0 Å². The molecule has 0 aliphatic carbocycles. The third-order valence-corrected chi connectivity index (χ3v) is 3.68. The number of hydrogen-bond donors (Lipinski definition) is 1. The Morgan fingerprint density at radius 3 is 2.87 bits per heavy atom. The van der Waals surface area contributed by atoms with Crippen LogP contribution in [0.2, 0.25) is 0 Å². The number of nitrogens with zero attached hydrogens (tertiary/aromatic N) is 3. The Hall–Kier alpha value is -2.80. The van der Waals surface area contributed by atoms with Gasteiger partial charge in [-0.15, -0.1) is 0 Å². The molecule has 7 heteroatoms. The lowest BCUT2D eigenvalue weighted by molar-refractivity contribution is -0.384. The molecule has 6 nitrogen and oxygen atoms in total. The van der Waals surface area contributed by atoms with Crippen molar-refractivity contribution in [2.24, 2.45) is 5.73 Å². The van der Waals surface area contributed by atoms with Crippen LogP contribution < -0.4 is 5.73 Å². The Balaban J connectivity index is 2.25. The van der Waals surface area contributed by atoms with Crippen LogP contribution in [-0.4, -0.2) is 19.3 Å². The van der Waals surface area contributed by atoms with Gasteiger partial charge in [0.15, 0.2) is 0 Å². The lowest BCUT2D eigenvalue weighted by Crippen LogP contribution is -2.13.